The Labute approximate surface area is 211 Å². The van der Waals surface area contributed by atoms with Gasteiger partial charge in [-0.05, 0) is 80.8 Å². The van der Waals surface area contributed by atoms with Crippen LogP contribution in [0.2, 0.25) is 0 Å². The van der Waals surface area contributed by atoms with Crippen LogP contribution in [0.15, 0.2) is 53.9 Å². The standard InChI is InChI=1S/C29H32N2O3S/c1-19-4-7-22(8-5-19)29(33)31(23-9-10-23)17-28(32)30-14-12-27-24(13-15-35-27)25(30)18-34-26-11-6-20(2)16-21(26)3/h4-8,11,13,15-16,23,25H,9-10,12,14,17-18H2,1-3H3/t25-/m0/s1. The van der Waals surface area contributed by atoms with Gasteiger partial charge >= 0.3 is 0 Å². The van der Waals surface area contributed by atoms with Crippen molar-refractivity contribution in [2.24, 2.45) is 0 Å². The van der Waals surface area contributed by atoms with Crippen molar-refractivity contribution in [3.05, 3.63) is 86.6 Å². The second kappa shape index (κ2) is 9.86. The molecular weight excluding hydrogens is 456 g/mol. The molecule has 2 heterocycles. The number of amides is 2. The first-order chi connectivity index (χ1) is 16.9. The van der Waals surface area contributed by atoms with E-state index in [0.717, 1.165) is 36.1 Å². The van der Waals surface area contributed by atoms with Crippen LogP contribution in [0.25, 0.3) is 0 Å². The molecule has 6 heteroatoms. The zero-order valence-corrected chi connectivity index (χ0v) is 21.4. The minimum atomic E-state index is -0.159. The van der Waals surface area contributed by atoms with Crippen molar-refractivity contribution in [1.29, 1.82) is 0 Å². The van der Waals surface area contributed by atoms with Crippen molar-refractivity contribution in [2.45, 2.75) is 52.1 Å². The third-order valence-corrected chi connectivity index (χ3v) is 7.99. The van der Waals surface area contributed by atoms with Gasteiger partial charge in [0.2, 0.25) is 5.91 Å². The molecule has 0 saturated heterocycles. The summed E-state index contributed by atoms with van der Waals surface area (Å²) in [5.41, 5.74) is 5.21. The molecule has 2 aromatic carbocycles. The number of aryl methyl sites for hydroxylation is 3. The Morgan fingerprint density at radius 1 is 1.03 bits per heavy atom. The molecule has 1 fully saturated rings. The summed E-state index contributed by atoms with van der Waals surface area (Å²) in [4.78, 5) is 32.0. The topological polar surface area (TPSA) is 49.9 Å². The maximum atomic E-state index is 13.7. The molecule has 0 N–H and O–H groups in total. The van der Waals surface area contributed by atoms with Gasteiger partial charge in [0.05, 0.1) is 6.04 Å². The maximum absolute atomic E-state index is 13.7. The summed E-state index contributed by atoms with van der Waals surface area (Å²) in [5.74, 6) is 0.778. The van der Waals surface area contributed by atoms with Crippen LogP contribution in [0, 0.1) is 20.8 Å². The first-order valence-corrected chi connectivity index (χ1v) is 13.2. The molecule has 0 radical (unpaired) electrons. The van der Waals surface area contributed by atoms with E-state index < -0.39 is 0 Å². The van der Waals surface area contributed by atoms with Crippen molar-refractivity contribution in [3.8, 4) is 5.75 Å². The first-order valence-electron chi connectivity index (χ1n) is 12.3. The molecule has 35 heavy (non-hydrogen) atoms. The van der Waals surface area contributed by atoms with E-state index in [1.54, 1.807) is 16.2 Å². The number of nitrogens with zero attached hydrogens (tertiary/aromatic N) is 2. The van der Waals surface area contributed by atoms with Gasteiger partial charge in [0.15, 0.2) is 0 Å². The molecule has 1 aromatic heterocycles. The predicted molar refractivity (Wildman–Crippen MR) is 139 cm³/mol. The van der Waals surface area contributed by atoms with Gasteiger partial charge in [-0.15, -0.1) is 11.3 Å². The molecule has 182 valence electrons. The SMILES string of the molecule is Cc1ccc(C(=O)N(CC(=O)N2CCc3sccc3[C@@H]2COc2ccc(C)cc2C)C2CC2)cc1. The monoisotopic (exact) mass is 488 g/mol. The minimum absolute atomic E-state index is 0.0107. The molecule has 5 rings (SSSR count). The van der Waals surface area contributed by atoms with Crippen LogP contribution < -0.4 is 4.74 Å². The van der Waals surface area contributed by atoms with Crippen molar-refractivity contribution in [3.63, 3.8) is 0 Å². The molecule has 1 atom stereocenters. The van der Waals surface area contributed by atoms with Gasteiger partial charge in [0.1, 0.15) is 18.9 Å². The average Bonchev–Trinajstić information content (AvgIpc) is 3.57. The van der Waals surface area contributed by atoms with Gasteiger partial charge in [-0.3, -0.25) is 9.59 Å². The Balaban J connectivity index is 1.34. The van der Waals surface area contributed by atoms with Crippen molar-refractivity contribution in [1.82, 2.24) is 9.80 Å². The Bertz CT molecular complexity index is 1230. The number of hydrogen-bond acceptors (Lipinski definition) is 4. The van der Waals surface area contributed by atoms with E-state index in [9.17, 15) is 9.59 Å². The summed E-state index contributed by atoms with van der Waals surface area (Å²) in [7, 11) is 0. The van der Waals surface area contributed by atoms with E-state index in [1.807, 2.05) is 55.1 Å². The zero-order chi connectivity index (χ0) is 24.5. The third-order valence-electron chi connectivity index (χ3n) is 6.99. The molecule has 1 aliphatic carbocycles. The average molecular weight is 489 g/mol. The zero-order valence-electron chi connectivity index (χ0n) is 20.6. The lowest BCUT2D eigenvalue weighted by Crippen LogP contribution is -2.48. The van der Waals surface area contributed by atoms with Crippen LogP contribution >= 0.6 is 11.3 Å². The number of fused-ring (bicyclic) bond motifs is 1. The summed E-state index contributed by atoms with van der Waals surface area (Å²) in [6.45, 7) is 7.27. The van der Waals surface area contributed by atoms with Gasteiger partial charge in [-0.1, -0.05) is 35.4 Å². The lowest BCUT2D eigenvalue weighted by molar-refractivity contribution is -0.135. The molecule has 2 aliphatic rings. The quantitative estimate of drug-likeness (QED) is 0.442. The summed E-state index contributed by atoms with van der Waals surface area (Å²) >= 11 is 1.74. The Hall–Kier alpha value is -3.12. The van der Waals surface area contributed by atoms with E-state index in [0.29, 0.717) is 18.7 Å². The number of thiophene rings is 1. The summed E-state index contributed by atoms with van der Waals surface area (Å²) in [6, 6.07) is 15.9. The van der Waals surface area contributed by atoms with Crippen molar-refractivity contribution in [2.75, 3.05) is 19.7 Å². The van der Waals surface area contributed by atoms with E-state index in [4.69, 9.17) is 4.74 Å². The smallest absolute Gasteiger partial charge is 0.254 e. The Morgan fingerprint density at radius 2 is 1.77 bits per heavy atom. The fourth-order valence-corrected chi connectivity index (χ4v) is 5.78. The molecular formula is C29H32N2O3S. The summed E-state index contributed by atoms with van der Waals surface area (Å²) in [6.07, 6.45) is 2.76. The molecule has 3 aromatic rings. The normalized spacial score (nSPS) is 17.1. The summed E-state index contributed by atoms with van der Waals surface area (Å²) < 4.78 is 6.26. The fraction of sp³-hybridized carbons (Fsp3) is 0.379. The molecule has 0 bridgehead atoms. The Morgan fingerprint density at radius 3 is 2.49 bits per heavy atom. The van der Waals surface area contributed by atoms with E-state index >= 15 is 0 Å². The van der Waals surface area contributed by atoms with E-state index in [1.165, 1.54) is 16.0 Å². The summed E-state index contributed by atoms with van der Waals surface area (Å²) in [5, 5.41) is 2.10. The lowest BCUT2D eigenvalue weighted by atomic mass is 10.00. The number of benzene rings is 2. The maximum Gasteiger partial charge on any atom is 0.254 e. The fourth-order valence-electron chi connectivity index (χ4n) is 4.86. The molecule has 5 nitrogen and oxygen atoms in total. The molecule has 1 saturated carbocycles. The van der Waals surface area contributed by atoms with Crippen LogP contribution in [-0.4, -0.2) is 47.4 Å². The van der Waals surface area contributed by atoms with E-state index in [-0.39, 0.29) is 30.4 Å². The van der Waals surface area contributed by atoms with Crippen molar-refractivity contribution < 1.29 is 14.3 Å². The molecule has 0 unspecified atom stereocenters. The van der Waals surface area contributed by atoms with Crippen LogP contribution in [0.5, 0.6) is 5.75 Å². The minimum Gasteiger partial charge on any atom is -0.491 e. The molecule has 2 amide bonds. The van der Waals surface area contributed by atoms with Gasteiger partial charge in [0.25, 0.3) is 5.91 Å². The molecule has 1 aliphatic heterocycles. The van der Waals surface area contributed by atoms with Crippen LogP contribution in [0.3, 0.4) is 0 Å². The molecule has 0 spiro atoms. The highest BCUT2D eigenvalue weighted by Crippen LogP contribution is 2.35. The van der Waals surface area contributed by atoms with Crippen molar-refractivity contribution >= 4 is 23.2 Å². The number of rotatable bonds is 7. The number of carbonyl (C=O) groups excluding carboxylic acids is 2. The Kier molecular flexibility index (Phi) is 6.65. The first kappa shape index (κ1) is 23.6. The van der Waals surface area contributed by atoms with Gasteiger partial charge in [0, 0.05) is 23.0 Å². The predicted octanol–water partition coefficient (Wildman–Crippen LogP) is 5.48. The van der Waals surface area contributed by atoms with Crippen LogP contribution in [0.4, 0.5) is 0 Å². The third kappa shape index (κ3) is 5.13. The number of carbonyl (C=O) groups is 2. The largest absolute Gasteiger partial charge is 0.491 e. The second-order valence-corrected chi connectivity index (χ2v) is 10.8. The lowest BCUT2D eigenvalue weighted by Gasteiger charge is -2.37. The van der Waals surface area contributed by atoms with Gasteiger partial charge in [-0.25, -0.2) is 0 Å². The van der Waals surface area contributed by atoms with E-state index in [2.05, 4.69) is 24.4 Å². The number of ether oxygens (including phenoxy) is 1. The van der Waals surface area contributed by atoms with Gasteiger partial charge < -0.3 is 14.5 Å². The highest BCUT2D eigenvalue weighted by Gasteiger charge is 2.38. The highest BCUT2D eigenvalue weighted by atomic mass is 32.1. The van der Waals surface area contributed by atoms with Crippen LogP contribution in [-0.2, 0) is 11.2 Å². The number of hydrogen-bond donors (Lipinski definition) is 0. The van der Waals surface area contributed by atoms with Crippen LogP contribution in [0.1, 0.15) is 56.4 Å². The second-order valence-electron chi connectivity index (χ2n) is 9.76. The highest BCUT2D eigenvalue weighted by molar-refractivity contribution is 7.10. The van der Waals surface area contributed by atoms with Gasteiger partial charge in [-0.2, -0.15) is 0 Å².